The van der Waals surface area contributed by atoms with Gasteiger partial charge in [-0.15, -0.1) is 0 Å². The van der Waals surface area contributed by atoms with E-state index in [1.54, 1.807) is 36.1 Å². The summed E-state index contributed by atoms with van der Waals surface area (Å²) in [5.74, 6) is -2.19. The maximum absolute atomic E-state index is 13.1. The lowest BCUT2D eigenvalue weighted by Gasteiger charge is -2.32. The van der Waals surface area contributed by atoms with Gasteiger partial charge in [0.2, 0.25) is 5.91 Å². The number of aromatic nitrogens is 1. The van der Waals surface area contributed by atoms with Crippen molar-refractivity contribution in [2.24, 2.45) is 11.7 Å². The normalized spacial score (nSPS) is 16.8. The highest BCUT2D eigenvalue weighted by Gasteiger charge is 2.32. The van der Waals surface area contributed by atoms with Crippen molar-refractivity contribution in [2.75, 3.05) is 18.4 Å². The molecule has 1 aliphatic heterocycles. The lowest BCUT2D eigenvalue weighted by molar-refractivity contribution is -0.138. The SMILES string of the molecule is Cc1nc(NC(=N)N)sc1C(=O)N1CCC[C@@H](C(=O)N[C@H](CC(=O)O)c2ccccc2)C1. The molecule has 1 aromatic carbocycles. The van der Waals surface area contributed by atoms with Gasteiger partial charge >= 0.3 is 5.97 Å². The Kier molecular flexibility index (Phi) is 7.41. The van der Waals surface area contributed by atoms with Crippen LogP contribution in [-0.2, 0) is 9.59 Å². The zero-order valence-electron chi connectivity index (χ0n) is 17.6. The van der Waals surface area contributed by atoms with Crippen LogP contribution in [0.3, 0.4) is 0 Å². The molecule has 1 aliphatic rings. The van der Waals surface area contributed by atoms with Crippen LogP contribution in [0.5, 0.6) is 0 Å². The number of benzene rings is 1. The largest absolute Gasteiger partial charge is 0.481 e. The van der Waals surface area contributed by atoms with E-state index in [1.807, 2.05) is 6.07 Å². The van der Waals surface area contributed by atoms with Gasteiger partial charge in [0.15, 0.2) is 11.1 Å². The highest BCUT2D eigenvalue weighted by Crippen LogP contribution is 2.27. The number of carbonyl (C=O) groups excluding carboxylic acids is 2. The number of thiazole rings is 1. The van der Waals surface area contributed by atoms with Gasteiger partial charge in [-0.3, -0.25) is 19.8 Å². The second-order valence-corrected chi connectivity index (χ2v) is 8.63. The molecule has 2 atom stereocenters. The highest BCUT2D eigenvalue weighted by molar-refractivity contribution is 7.17. The molecule has 2 heterocycles. The number of carbonyl (C=O) groups is 3. The summed E-state index contributed by atoms with van der Waals surface area (Å²) in [5, 5.41) is 22.4. The summed E-state index contributed by atoms with van der Waals surface area (Å²) < 4.78 is 0. The number of hydrogen-bond acceptors (Lipinski definition) is 6. The topological polar surface area (TPSA) is 162 Å². The molecule has 0 spiro atoms. The number of amides is 2. The standard InChI is InChI=1S/C21H26N6O4S/c1-12-17(32-21(24-12)26-20(22)23)19(31)27-9-5-8-14(11-27)18(30)25-15(10-16(28)29)13-6-3-2-4-7-13/h2-4,6-7,14-15H,5,8-11H2,1H3,(H,25,30)(H,28,29)(H4,22,23,24,26)/t14-,15-/m1/s1. The number of aryl methyl sites for hydroxylation is 1. The number of likely N-dealkylation sites (tertiary alicyclic amines) is 1. The monoisotopic (exact) mass is 458 g/mol. The molecule has 11 heteroatoms. The Hall–Kier alpha value is -3.47. The van der Waals surface area contributed by atoms with Crippen molar-refractivity contribution >= 4 is 40.2 Å². The highest BCUT2D eigenvalue weighted by atomic mass is 32.1. The molecule has 32 heavy (non-hydrogen) atoms. The van der Waals surface area contributed by atoms with Gasteiger partial charge in [0.1, 0.15) is 4.88 Å². The van der Waals surface area contributed by atoms with Crippen LogP contribution in [0.2, 0.25) is 0 Å². The van der Waals surface area contributed by atoms with E-state index < -0.39 is 17.9 Å². The maximum Gasteiger partial charge on any atom is 0.305 e. The number of hydrogen-bond donors (Lipinski definition) is 5. The molecule has 3 rings (SSSR count). The van der Waals surface area contributed by atoms with Gasteiger partial charge in [0, 0.05) is 13.1 Å². The summed E-state index contributed by atoms with van der Waals surface area (Å²) in [6, 6.07) is 8.34. The van der Waals surface area contributed by atoms with Crippen LogP contribution in [0.25, 0.3) is 0 Å². The Morgan fingerprint density at radius 3 is 2.72 bits per heavy atom. The molecule has 10 nitrogen and oxygen atoms in total. The zero-order valence-corrected chi connectivity index (χ0v) is 18.4. The number of carboxylic acids is 1. The number of rotatable bonds is 7. The molecule has 0 bridgehead atoms. The van der Waals surface area contributed by atoms with Gasteiger partial charge in [-0.25, -0.2) is 4.98 Å². The van der Waals surface area contributed by atoms with Crippen molar-refractivity contribution in [3.05, 3.63) is 46.5 Å². The van der Waals surface area contributed by atoms with Crippen LogP contribution in [0.4, 0.5) is 5.13 Å². The molecule has 170 valence electrons. The van der Waals surface area contributed by atoms with Crippen molar-refractivity contribution in [3.8, 4) is 0 Å². The molecule has 1 saturated heterocycles. The molecule has 0 radical (unpaired) electrons. The van der Waals surface area contributed by atoms with Crippen LogP contribution >= 0.6 is 11.3 Å². The fourth-order valence-electron chi connectivity index (χ4n) is 3.68. The van der Waals surface area contributed by atoms with Gasteiger partial charge in [0.25, 0.3) is 5.91 Å². The molecular formula is C21H26N6O4S. The molecule has 6 N–H and O–H groups in total. The molecular weight excluding hydrogens is 432 g/mol. The van der Waals surface area contributed by atoms with E-state index >= 15 is 0 Å². The Bertz CT molecular complexity index is 1010. The predicted molar refractivity (Wildman–Crippen MR) is 121 cm³/mol. The number of nitrogens with one attached hydrogen (secondary N) is 3. The van der Waals surface area contributed by atoms with Crippen LogP contribution < -0.4 is 16.4 Å². The van der Waals surface area contributed by atoms with Gasteiger partial charge < -0.3 is 26.4 Å². The molecule has 1 aromatic heterocycles. The van der Waals surface area contributed by atoms with Crippen LogP contribution in [-0.4, -0.2) is 51.8 Å². The summed E-state index contributed by atoms with van der Waals surface area (Å²) in [6.07, 6.45) is 1.05. The summed E-state index contributed by atoms with van der Waals surface area (Å²) in [5.41, 5.74) is 6.58. The summed E-state index contributed by atoms with van der Waals surface area (Å²) in [7, 11) is 0. The molecule has 0 aliphatic carbocycles. The Morgan fingerprint density at radius 2 is 2.06 bits per heavy atom. The van der Waals surface area contributed by atoms with E-state index in [-0.39, 0.29) is 30.7 Å². The Morgan fingerprint density at radius 1 is 1.34 bits per heavy atom. The van der Waals surface area contributed by atoms with Crippen molar-refractivity contribution in [1.29, 1.82) is 5.41 Å². The number of nitrogens with zero attached hydrogens (tertiary/aromatic N) is 2. The lowest BCUT2D eigenvalue weighted by Crippen LogP contribution is -2.46. The third-order valence-electron chi connectivity index (χ3n) is 5.21. The first-order chi connectivity index (χ1) is 15.2. The number of aliphatic carboxylic acids is 1. The van der Waals surface area contributed by atoms with E-state index in [9.17, 15) is 19.5 Å². The van der Waals surface area contributed by atoms with Crippen LogP contribution in [0.1, 0.15) is 46.2 Å². The first-order valence-electron chi connectivity index (χ1n) is 10.2. The van der Waals surface area contributed by atoms with E-state index in [0.717, 1.165) is 16.9 Å². The smallest absolute Gasteiger partial charge is 0.305 e. The van der Waals surface area contributed by atoms with Crippen molar-refractivity contribution in [1.82, 2.24) is 15.2 Å². The lowest BCUT2D eigenvalue weighted by atomic mass is 9.95. The molecule has 0 saturated carbocycles. The molecule has 1 fully saturated rings. The average Bonchev–Trinajstić information content (AvgIpc) is 3.12. The summed E-state index contributed by atoms with van der Waals surface area (Å²) >= 11 is 1.11. The fraction of sp³-hybridized carbons (Fsp3) is 0.381. The third kappa shape index (κ3) is 5.82. The second-order valence-electron chi connectivity index (χ2n) is 7.63. The van der Waals surface area contributed by atoms with Gasteiger partial charge in [0.05, 0.1) is 24.1 Å². The third-order valence-corrected chi connectivity index (χ3v) is 6.27. The fourth-order valence-corrected chi connectivity index (χ4v) is 4.63. The molecule has 0 unspecified atom stereocenters. The number of carboxylic acid groups (broad SMARTS) is 1. The summed E-state index contributed by atoms with van der Waals surface area (Å²) in [4.78, 5) is 43.6. The quantitative estimate of drug-likeness (QED) is 0.313. The van der Waals surface area contributed by atoms with Gasteiger partial charge in [-0.2, -0.15) is 0 Å². The van der Waals surface area contributed by atoms with E-state index in [2.05, 4.69) is 15.6 Å². The van der Waals surface area contributed by atoms with Crippen molar-refractivity contribution < 1.29 is 19.5 Å². The maximum atomic E-state index is 13.1. The van der Waals surface area contributed by atoms with Crippen LogP contribution in [0.15, 0.2) is 30.3 Å². The number of nitrogens with two attached hydrogens (primary N) is 1. The average molecular weight is 459 g/mol. The van der Waals surface area contributed by atoms with E-state index in [4.69, 9.17) is 11.1 Å². The molecule has 2 aromatic rings. The molecule has 2 amide bonds. The minimum absolute atomic E-state index is 0.223. The van der Waals surface area contributed by atoms with Gasteiger partial charge in [-0.05, 0) is 25.3 Å². The first-order valence-corrected chi connectivity index (χ1v) is 11.0. The van der Waals surface area contributed by atoms with Crippen molar-refractivity contribution in [3.63, 3.8) is 0 Å². The Labute approximate surface area is 189 Å². The Balaban J connectivity index is 1.68. The second kappa shape index (κ2) is 10.2. The predicted octanol–water partition coefficient (Wildman–Crippen LogP) is 1.94. The number of anilines is 1. The number of piperidine rings is 1. The summed E-state index contributed by atoms with van der Waals surface area (Å²) in [6.45, 7) is 2.47. The number of guanidine groups is 1. The first kappa shape index (κ1) is 23.2. The van der Waals surface area contributed by atoms with Crippen molar-refractivity contribution in [2.45, 2.75) is 32.2 Å². The minimum Gasteiger partial charge on any atom is -0.481 e. The van der Waals surface area contributed by atoms with E-state index in [0.29, 0.717) is 35.1 Å². The van der Waals surface area contributed by atoms with E-state index in [1.165, 1.54) is 0 Å². The minimum atomic E-state index is -1.00. The van der Waals surface area contributed by atoms with Crippen LogP contribution in [0, 0.1) is 18.3 Å². The van der Waals surface area contributed by atoms with Gasteiger partial charge in [-0.1, -0.05) is 41.7 Å². The zero-order chi connectivity index (χ0) is 23.3.